The standard InChI is InChI=1S/C25H32N6O/c1-4-26-25(29-16-22-7-5-6-8-23(22)32-17-20-9-10-20)28-15-21-11-12-24(27-14-21)31-19(3)13-18(2)30-31/h5-8,11-14,20H,4,9-10,15-17H2,1-3H3,(H2,26,28,29). The van der Waals surface area contributed by atoms with Crippen LogP contribution in [0.15, 0.2) is 53.7 Å². The van der Waals surface area contributed by atoms with Crippen LogP contribution in [0.3, 0.4) is 0 Å². The maximum absolute atomic E-state index is 6.02. The number of nitrogens with zero attached hydrogens (tertiary/aromatic N) is 4. The molecule has 7 heteroatoms. The van der Waals surface area contributed by atoms with E-state index in [0.717, 1.165) is 59.1 Å². The molecule has 1 aromatic carbocycles. The highest BCUT2D eigenvalue weighted by Crippen LogP contribution is 2.30. The Balaban J connectivity index is 1.37. The second-order valence-corrected chi connectivity index (χ2v) is 8.27. The average Bonchev–Trinajstić information content (AvgIpc) is 3.57. The van der Waals surface area contributed by atoms with Gasteiger partial charge in [-0.05, 0) is 63.3 Å². The number of nitrogens with one attached hydrogen (secondary N) is 2. The lowest BCUT2D eigenvalue weighted by atomic mass is 10.2. The highest BCUT2D eigenvalue weighted by Gasteiger charge is 2.22. The van der Waals surface area contributed by atoms with Gasteiger partial charge in [0.1, 0.15) is 5.75 Å². The summed E-state index contributed by atoms with van der Waals surface area (Å²) in [7, 11) is 0. The number of ether oxygens (including phenoxy) is 1. The molecule has 0 bridgehead atoms. The zero-order valence-electron chi connectivity index (χ0n) is 19.1. The molecule has 2 N–H and O–H groups in total. The number of guanidine groups is 1. The Morgan fingerprint density at radius 3 is 2.69 bits per heavy atom. The molecule has 1 aliphatic rings. The van der Waals surface area contributed by atoms with Crippen LogP contribution in [0.5, 0.6) is 5.75 Å². The predicted octanol–water partition coefficient (Wildman–Crippen LogP) is 3.93. The van der Waals surface area contributed by atoms with E-state index < -0.39 is 0 Å². The van der Waals surface area contributed by atoms with Crippen molar-refractivity contribution in [2.24, 2.45) is 10.9 Å². The number of aryl methyl sites for hydroxylation is 2. The molecule has 2 aromatic heterocycles. The molecule has 0 radical (unpaired) electrons. The summed E-state index contributed by atoms with van der Waals surface area (Å²) in [5, 5.41) is 11.2. The summed E-state index contributed by atoms with van der Waals surface area (Å²) in [5.74, 6) is 3.27. The number of aromatic nitrogens is 3. The fraction of sp³-hybridized carbons (Fsp3) is 0.400. The molecule has 32 heavy (non-hydrogen) atoms. The molecule has 7 nitrogen and oxygen atoms in total. The van der Waals surface area contributed by atoms with Crippen LogP contribution in [0.4, 0.5) is 0 Å². The maximum atomic E-state index is 6.02. The van der Waals surface area contributed by atoms with Crippen LogP contribution in [0.25, 0.3) is 5.82 Å². The molecule has 1 fully saturated rings. The second kappa shape index (κ2) is 10.3. The lowest BCUT2D eigenvalue weighted by molar-refractivity contribution is 0.296. The third-order valence-electron chi connectivity index (χ3n) is 5.39. The van der Waals surface area contributed by atoms with Crippen LogP contribution in [0.2, 0.25) is 0 Å². The van der Waals surface area contributed by atoms with Crippen LogP contribution in [0, 0.1) is 19.8 Å². The minimum Gasteiger partial charge on any atom is -0.493 e. The van der Waals surface area contributed by atoms with Crippen molar-refractivity contribution in [1.82, 2.24) is 25.4 Å². The third kappa shape index (κ3) is 5.87. The molecule has 2 heterocycles. The van der Waals surface area contributed by atoms with E-state index in [2.05, 4.69) is 33.7 Å². The minimum atomic E-state index is 0.541. The highest BCUT2D eigenvalue weighted by molar-refractivity contribution is 5.79. The molecular weight excluding hydrogens is 400 g/mol. The van der Waals surface area contributed by atoms with Crippen molar-refractivity contribution in [3.05, 3.63) is 71.2 Å². The zero-order chi connectivity index (χ0) is 22.3. The van der Waals surface area contributed by atoms with Gasteiger partial charge in [0.15, 0.2) is 11.8 Å². The fourth-order valence-corrected chi connectivity index (χ4v) is 3.47. The molecule has 0 unspecified atom stereocenters. The van der Waals surface area contributed by atoms with Gasteiger partial charge in [0.25, 0.3) is 0 Å². The van der Waals surface area contributed by atoms with Gasteiger partial charge in [-0.25, -0.2) is 14.7 Å². The van der Waals surface area contributed by atoms with E-state index in [-0.39, 0.29) is 0 Å². The molecule has 0 amide bonds. The number of hydrogen-bond acceptors (Lipinski definition) is 4. The fourth-order valence-electron chi connectivity index (χ4n) is 3.47. The molecular formula is C25H32N6O. The molecule has 0 aliphatic heterocycles. The summed E-state index contributed by atoms with van der Waals surface area (Å²) in [6.45, 7) is 8.88. The SMILES string of the molecule is CCNC(=NCc1ccc(-n2nc(C)cc2C)nc1)NCc1ccccc1OCC1CC1. The van der Waals surface area contributed by atoms with Crippen LogP contribution in [0.1, 0.15) is 42.3 Å². The van der Waals surface area contributed by atoms with Crippen LogP contribution < -0.4 is 15.4 Å². The average molecular weight is 433 g/mol. The largest absolute Gasteiger partial charge is 0.493 e. The van der Waals surface area contributed by atoms with Crippen molar-refractivity contribution in [1.29, 1.82) is 0 Å². The Bertz CT molecular complexity index is 1050. The molecule has 0 spiro atoms. The van der Waals surface area contributed by atoms with Crippen LogP contribution in [-0.4, -0.2) is 33.9 Å². The molecule has 1 saturated carbocycles. The topological polar surface area (TPSA) is 76.4 Å². The Morgan fingerprint density at radius 1 is 1.16 bits per heavy atom. The number of aliphatic imine (C=N–C) groups is 1. The first-order chi connectivity index (χ1) is 15.6. The lowest BCUT2D eigenvalue weighted by Gasteiger charge is -2.14. The van der Waals surface area contributed by atoms with Gasteiger partial charge in [0.05, 0.1) is 18.8 Å². The third-order valence-corrected chi connectivity index (χ3v) is 5.39. The highest BCUT2D eigenvalue weighted by atomic mass is 16.5. The van der Waals surface area contributed by atoms with Crippen LogP contribution >= 0.6 is 0 Å². The molecule has 0 atom stereocenters. The van der Waals surface area contributed by atoms with Crippen molar-refractivity contribution in [2.45, 2.75) is 46.7 Å². The van der Waals surface area contributed by atoms with Gasteiger partial charge >= 0.3 is 0 Å². The number of para-hydroxylation sites is 1. The molecule has 168 valence electrons. The summed E-state index contributed by atoms with van der Waals surface area (Å²) >= 11 is 0. The van der Waals surface area contributed by atoms with Gasteiger partial charge in [0, 0.05) is 30.5 Å². The lowest BCUT2D eigenvalue weighted by Crippen LogP contribution is -2.36. The van der Waals surface area contributed by atoms with Crippen molar-refractivity contribution in [3.8, 4) is 11.6 Å². The van der Waals surface area contributed by atoms with Gasteiger partial charge in [0.2, 0.25) is 0 Å². The van der Waals surface area contributed by atoms with Gasteiger partial charge < -0.3 is 15.4 Å². The van der Waals surface area contributed by atoms with Gasteiger partial charge in [-0.3, -0.25) is 0 Å². The van der Waals surface area contributed by atoms with Gasteiger partial charge in [-0.1, -0.05) is 24.3 Å². The molecule has 3 aromatic rings. The van der Waals surface area contributed by atoms with Crippen LogP contribution in [-0.2, 0) is 13.1 Å². The molecule has 1 aliphatic carbocycles. The summed E-state index contributed by atoms with van der Waals surface area (Å²) in [6, 6.07) is 14.3. The van der Waals surface area contributed by atoms with Crippen molar-refractivity contribution >= 4 is 5.96 Å². The van der Waals surface area contributed by atoms with Gasteiger partial charge in [-0.15, -0.1) is 0 Å². The smallest absolute Gasteiger partial charge is 0.191 e. The number of benzene rings is 1. The second-order valence-electron chi connectivity index (χ2n) is 8.27. The Morgan fingerprint density at radius 2 is 2.00 bits per heavy atom. The minimum absolute atomic E-state index is 0.541. The van der Waals surface area contributed by atoms with E-state index >= 15 is 0 Å². The predicted molar refractivity (Wildman–Crippen MR) is 127 cm³/mol. The monoisotopic (exact) mass is 432 g/mol. The van der Waals surface area contributed by atoms with E-state index in [1.54, 1.807) is 0 Å². The van der Waals surface area contributed by atoms with E-state index in [1.165, 1.54) is 12.8 Å². The van der Waals surface area contributed by atoms with E-state index in [0.29, 0.717) is 13.1 Å². The first kappa shape index (κ1) is 21.9. The molecule has 0 saturated heterocycles. The first-order valence-corrected chi connectivity index (χ1v) is 11.3. The summed E-state index contributed by atoms with van der Waals surface area (Å²) in [5.41, 5.74) is 4.23. The van der Waals surface area contributed by atoms with E-state index in [4.69, 9.17) is 9.73 Å². The zero-order valence-corrected chi connectivity index (χ0v) is 19.1. The molecule has 4 rings (SSSR count). The van der Waals surface area contributed by atoms with E-state index in [1.807, 2.05) is 61.1 Å². The Hall–Kier alpha value is -3.35. The van der Waals surface area contributed by atoms with E-state index in [9.17, 15) is 0 Å². The Labute approximate surface area is 189 Å². The quantitative estimate of drug-likeness (QED) is 0.396. The van der Waals surface area contributed by atoms with Gasteiger partial charge in [-0.2, -0.15) is 5.10 Å². The van der Waals surface area contributed by atoms with Crippen molar-refractivity contribution in [3.63, 3.8) is 0 Å². The summed E-state index contributed by atoms with van der Waals surface area (Å²) in [6.07, 6.45) is 4.43. The number of pyridine rings is 1. The number of hydrogen-bond donors (Lipinski definition) is 2. The number of rotatable bonds is 9. The first-order valence-electron chi connectivity index (χ1n) is 11.3. The summed E-state index contributed by atoms with van der Waals surface area (Å²) < 4.78 is 7.88. The summed E-state index contributed by atoms with van der Waals surface area (Å²) in [4.78, 5) is 9.29. The maximum Gasteiger partial charge on any atom is 0.191 e. The van der Waals surface area contributed by atoms with Crippen molar-refractivity contribution in [2.75, 3.05) is 13.2 Å². The Kier molecular flexibility index (Phi) is 7.04. The normalized spacial score (nSPS) is 13.8. The van der Waals surface area contributed by atoms with Crippen molar-refractivity contribution < 1.29 is 4.74 Å².